The van der Waals surface area contributed by atoms with E-state index in [0.29, 0.717) is 43.2 Å². The van der Waals surface area contributed by atoms with Gasteiger partial charge in [-0.25, -0.2) is 17.5 Å². The second-order valence-electron chi connectivity index (χ2n) is 10.6. The number of anilines is 1. The van der Waals surface area contributed by atoms with E-state index in [1.165, 1.54) is 42.1 Å². The first kappa shape index (κ1) is 33.6. The van der Waals surface area contributed by atoms with E-state index in [9.17, 15) is 32.5 Å². The van der Waals surface area contributed by atoms with E-state index in [4.69, 9.17) is 4.74 Å². The number of hydrogen-bond donors (Lipinski definition) is 2. The largest absolute Gasteiger partial charge is 0.378 e. The lowest BCUT2D eigenvalue weighted by molar-refractivity contribution is -0.384. The zero-order chi connectivity index (χ0) is 33.4. The summed E-state index contributed by atoms with van der Waals surface area (Å²) in [7, 11) is -4.51. The number of thioether (sulfide) groups is 1. The van der Waals surface area contributed by atoms with Crippen LogP contribution >= 0.6 is 11.8 Å². The Kier molecular flexibility index (Phi) is 10.9. The summed E-state index contributed by atoms with van der Waals surface area (Å²) >= 11 is 1.48. The molecule has 0 bridgehead atoms. The van der Waals surface area contributed by atoms with Crippen LogP contribution in [0.2, 0.25) is 0 Å². The van der Waals surface area contributed by atoms with Crippen LogP contribution in [0.15, 0.2) is 107 Å². The highest BCUT2D eigenvalue weighted by Crippen LogP contribution is 2.30. The average molecular weight is 679 g/mol. The lowest BCUT2D eigenvalue weighted by atomic mass is 10.0. The Balaban J connectivity index is 1.32. The molecule has 4 aromatic carbocycles. The van der Waals surface area contributed by atoms with Gasteiger partial charge in [-0.05, 0) is 59.7 Å². The first-order valence-electron chi connectivity index (χ1n) is 14.6. The summed E-state index contributed by atoms with van der Waals surface area (Å²) in [6, 6.07) is 24.0. The van der Waals surface area contributed by atoms with Crippen LogP contribution in [0.1, 0.15) is 16.8 Å². The molecule has 14 heteroatoms. The van der Waals surface area contributed by atoms with Crippen LogP contribution in [0.3, 0.4) is 0 Å². The van der Waals surface area contributed by atoms with Crippen molar-refractivity contribution in [2.75, 3.05) is 37.4 Å². The van der Waals surface area contributed by atoms with Gasteiger partial charge < -0.3 is 15.0 Å². The van der Waals surface area contributed by atoms with Gasteiger partial charge in [0.2, 0.25) is 5.91 Å². The summed E-state index contributed by atoms with van der Waals surface area (Å²) in [5, 5.41) is 15.2. The van der Waals surface area contributed by atoms with Gasteiger partial charge in [-0.1, -0.05) is 42.5 Å². The van der Waals surface area contributed by atoms with Crippen LogP contribution < -0.4 is 10.0 Å². The molecular formula is C33H31FN4O7S2. The normalized spacial score (nSPS) is 13.9. The molecule has 11 nitrogen and oxygen atoms in total. The molecule has 4 aromatic rings. The third kappa shape index (κ3) is 8.93. The standard InChI is InChI=1S/C33H31FN4O7S2/c34-26-12-10-24(11-13-26)23-6-8-25(9-7-23)33(40)36-47(43,44)29-14-15-30(31(21-29)38(41)42)35-27(22-46-28-4-2-1-3-5-28)20-32(39)37-16-18-45-19-17-37/h1-15,21,27,35H,16-20,22H2,(H,36,40)/t27-/m0/s1. The van der Waals surface area contributed by atoms with Crippen LogP contribution in [0.25, 0.3) is 11.1 Å². The highest BCUT2D eigenvalue weighted by molar-refractivity contribution is 7.99. The van der Waals surface area contributed by atoms with Gasteiger partial charge in [-0.15, -0.1) is 11.8 Å². The van der Waals surface area contributed by atoms with E-state index in [2.05, 4.69) is 5.32 Å². The maximum absolute atomic E-state index is 13.2. The maximum Gasteiger partial charge on any atom is 0.293 e. The third-order valence-corrected chi connectivity index (χ3v) is 9.87. The van der Waals surface area contributed by atoms with E-state index in [0.717, 1.165) is 17.0 Å². The minimum absolute atomic E-state index is 0.0325. The van der Waals surface area contributed by atoms with Crippen molar-refractivity contribution >= 4 is 45.0 Å². The second kappa shape index (κ2) is 15.2. The van der Waals surface area contributed by atoms with Crippen molar-refractivity contribution in [1.29, 1.82) is 0 Å². The summed E-state index contributed by atoms with van der Waals surface area (Å²) in [6.07, 6.45) is 0.0487. The van der Waals surface area contributed by atoms with Crippen LogP contribution in [-0.4, -0.2) is 68.2 Å². The highest BCUT2D eigenvalue weighted by atomic mass is 32.2. The van der Waals surface area contributed by atoms with Gasteiger partial charge in [-0.2, -0.15) is 0 Å². The lowest BCUT2D eigenvalue weighted by Gasteiger charge is -2.29. The van der Waals surface area contributed by atoms with Crippen molar-refractivity contribution < 1.29 is 32.1 Å². The summed E-state index contributed by atoms with van der Waals surface area (Å²) < 4.78 is 46.8. The van der Waals surface area contributed by atoms with Gasteiger partial charge in [0.15, 0.2) is 0 Å². The van der Waals surface area contributed by atoms with Crippen molar-refractivity contribution in [3.8, 4) is 11.1 Å². The predicted molar refractivity (Wildman–Crippen MR) is 176 cm³/mol. The Bertz CT molecular complexity index is 1840. The van der Waals surface area contributed by atoms with Crippen molar-refractivity contribution in [1.82, 2.24) is 9.62 Å². The Morgan fingerprint density at radius 2 is 1.57 bits per heavy atom. The summed E-state index contributed by atoms with van der Waals surface area (Å²) in [5.41, 5.74) is 0.937. The first-order chi connectivity index (χ1) is 22.6. The minimum atomic E-state index is -4.51. The zero-order valence-corrected chi connectivity index (χ0v) is 26.6. The monoisotopic (exact) mass is 678 g/mol. The van der Waals surface area contributed by atoms with Crippen LogP contribution in [0, 0.1) is 15.9 Å². The SMILES string of the molecule is O=C(NS(=O)(=O)c1ccc(N[C@H](CSc2ccccc2)CC(=O)N2CCOCC2)c([N+](=O)[O-])c1)c1ccc(-c2ccc(F)cc2)cc1. The Labute approximate surface area is 275 Å². The van der Waals surface area contributed by atoms with E-state index >= 15 is 0 Å². The number of carbonyl (C=O) groups excluding carboxylic acids is 2. The average Bonchev–Trinajstić information content (AvgIpc) is 3.08. The molecule has 0 radical (unpaired) electrons. The van der Waals surface area contributed by atoms with Crippen molar-refractivity contribution in [3.63, 3.8) is 0 Å². The fraction of sp³-hybridized carbons (Fsp3) is 0.212. The number of ether oxygens (including phenoxy) is 1. The number of nitro benzene ring substituents is 1. The van der Waals surface area contributed by atoms with Crippen LogP contribution in [-0.2, 0) is 19.6 Å². The second-order valence-corrected chi connectivity index (χ2v) is 13.4. The fourth-order valence-electron chi connectivity index (χ4n) is 4.89. The number of rotatable bonds is 12. The van der Waals surface area contributed by atoms with Crippen molar-refractivity contribution in [3.05, 3.63) is 119 Å². The molecule has 1 saturated heterocycles. The van der Waals surface area contributed by atoms with Crippen LogP contribution in [0.4, 0.5) is 15.8 Å². The van der Waals surface area contributed by atoms with E-state index in [1.54, 1.807) is 29.2 Å². The predicted octanol–water partition coefficient (Wildman–Crippen LogP) is 5.34. The number of nitrogens with one attached hydrogen (secondary N) is 2. The summed E-state index contributed by atoms with van der Waals surface area (Å²) in [5.74, 6) is -1.05. The highest BCUT2D eigenvalue weighted by Gasteiger charge is 2.27. The van der Waals surface area contributed by atoms with Gasteiger partial charge in [0.1, 0.15) is 11.5 Å². The Morgan fingerprint density at radius 1 is 0.936 bits per heavy atom. The van der Waals surface area contributed by atoms with E-state index in [-0.39, 0.29) is 29.4 Å². The molecule has 0 saturated carbocycles. The van der Waals surface area contributed by atoms with Crippen molar-refractivity contribution in [2.24, 2.45) is 0 Å². The topological polar surface area (TPSA) is 148 Å². The number of halogens is 1. The molecule has 1 aliphatic rings. The molecule has 1 heterocycles. The fourth-order valence-corrected chi connectivity index (χ4v) is 6.82. The molecule has 0 unspecified atom stereocenters. The first-order valence-corrected chi connectivity index (χ1v) is 17.1. The number of sulfonamides is 1. The van der Waals surface area contributed by atoms with Gasteiger partial charge in [-0.3, -0.25) is 19.7 Å². The zero-order valence-electron chi connectivity index (χ0n) is 25.0. The number of carbonyl (C=O) groups is 2. The Hall–Kier alpha value is -4.79. The number of nitro groups is 1. The number of hydrogen-bond acceptors (Lipinski definition) is 9. The number of nitrogens with zero attached hydrogens (tertiary/aromatic N) is 2. The quantitative estimate of drug-likeness (QED) is 0.115. The molecule has 0 aromatic heterocycles. The van der Waals surface area contributed by atoms with Gasteiger partial charge in [0.05, 0.1) is 23.0 Å². The molecule has 1 aliphatic heterocycles. The summed E-state index contributed by atoms with van der Waals surface area (Å²) in [4.78, 5) is 39.5. The smallest absolute Gasteiger partial charge is 0.293 e. The molecular weight excluding hydrogens is 648 g/mol. The number of benzene rings is 4. The van der Waals surface area contributed by atoms with Crippen molar-refractivity contribution in [2.45, 2.75) is 22.3 Å². The number of morpholine rings is 1. The van der Waals surface area contributed by atoms with E-state index < -0.39 is 37.5 Å². The van der Waals surface area contributed by atoms with Gasteiger partial charge in [0, 0.05) is 47.8 Å². The van der Waals surface area contributed by atoms with Gasteiger partial charge in [0.25, 0.3) is 21.6 Å². The molecule has 0 spiro atoms. The minimum Gasteiger partial charge on any atom is -0.378 e. The third-order valence-electron chi connectivity index (χ3n) is 7.37. The maximum atomic E-state index is 13.2. The lowest BCUT2D eigenvalue weighted by Crippen LogP contribution is -2.43. The van der Waals surface area contributed by atoms with Crippen LogP contribution in [0.5, 0.6) is 0 Å². The molecule has 1 atom stereocenters. The number of amides is 2. The molecule has 0 aliphatic carbocycles. The van der Waals surface area contributed by atoms with Gasteiger partial charge >= 0.3 is 0 Å². The molecule has 47 heavy (non-hydrogen) atoms. The van der Waals surface area contributed by atoms with E-state index in [1.807, 2.05) is 35.1 Å². The Morgan fingerprint density at radius 3 is 2.21 bits per heavy atom. The molecule has 244 valence electrons. The molecule has 2 N–H and O–H groups in total. The summed E-state index contributed by atoms with van der Waals surface area (Å²) in [6.45, 7) is 1.77. The molecule has 5 rings (SSSR count). The molecule has 2 amide bonds. The molecule has 1 fully saturated rings.